The number of para-hydroxylation sites is 1. The molecule has 0 spiro atoms. The number of hydrogen-bond donors (Lipinski definition) is 0. The first kappa shape index (κ1) is 11.0. The molecule has 0 amide bonds. The highest BCUT2D eigenvalue weighted by atomic mass is 27.0. The molecule has 0 atom stereocenters. The van der Waals surface area contributed by atoms with Gasteiger partial charge in [0.15, 0.2) is 0 Å². The van der Waals surface area contributed by atoms with Gasteiger partial charge in [0.05, 0.1) is 5.52 Å². The van der Waals surface area contributed by atoms with Crippen LogP contribution in [-0.2, 0) is 6.42 Å². The molecule has 0 unspecified atom stereocenters. The predicted molar refractivity (Wildman–Crippen MR) is 61.4 cm³/mol. The van der Waals surface area contributed by atoms with Crippen molar-refractivity contribution in [2.45, 2.75) is 6.42 Å². The lowest BCUT2D eigenvalue weighted by molar-refractivity contribution is 1.15. The van der Waals surface area contributed by atoms with Crippen LogP contribution in [-0.4, -0.2) is 22.3 Å². The molecule has 0 fully saturated rings. The number of allylic oxidation sites excluding steroid dienone is 1. The minimum Gasteiger partial charge on any atom is -0.253 e. The van der Waals surface area contributed by atoms with Crippen LogP contribution in [0.15, 0.2) is 49.1 Å². The lowest BCUT2D eigenvalue weighted by Gasteiger charge is -1.99. The normalized spacial score (nSPS) is 9.43. The fraction of sp³-hybridized carbons (Fsp3) is 0.0833. The van der Waals surface area contributed by atoms with Crippen molar-refractivity contribution < 1.29 is 0 Å². The summed E-state index contributed by atoms with van der Waals surface area (Å²) in [5, 5.41) is 1.19. The van der Waals surface area contributed by atoms with E-state index in [1.807, 2.05) is 30.3 Å². The van der Waals surface area contributed by atoms with Crippen molar-refractivity contribution >= 4 is 28.3 Å². The van der Waals surface area contributed by atoms with Crippen molar-refractivity contribution in [2.75, 3.05) is 0 Å². The van der Waals surface area contributed by atoms with Gasteiger partial charge in [0.25, 0.3) is 0 Å². The SMILES string of the molecule is C=CCc1ccc2ccccc2n1.[Al]. The molecule has 3 radical (unpaired) electrons. The highest BCUT2D eigenvalue weighted by Gasteiger charge is 1.94. The van der Waals surface area contributed by atoms with E-state index >= 15 is 0 Å². The minimum atomic E-state index is 0. The number of aromatic nitrogens is 1. The minimum absolute atomic E-state index is 0. The molecule has 14 heavy (non-hydrogen) atoms. The van der Waals surface area contributed by atoms with Gasteiger partial charge < -0.3 is 0 Å². The van der Waals surface area contributed by atoms with Crippen LogP contribution in [0.25, 0.3) is 10.9 Å². The van der Waals surface area contributed by atoms with Crippen LogP contribution in [0.4, 0.5) is 0 Å². The Balaban J connectivity index is 0.000000980. The largest absolute Gasteiger partial charge is 0.253 e. The zero-order chi connectivity index (χ0) is 9.10. The first-order valence-corrected chi connectivity index (χ1v) is 4.36. The van der Waals surface area contributed by atoms with Crippen molar-refractivity contribution in [2.24, 2.45) is 0 Å². The number of nitrogens with zero attached hydrogens (tertiary/aromatic N) is 1. The third-order valence-corrected chi connectivity index (χ3v) is 2.01. The topological polar surface area (TPSA) is 12.9 Å². The van der Waals surface area contributed by atoms with E-state index in [1.54, 1.807) is 0 Å². The molecule has 67 valence electrons. The molecular formula is C12H11AlN. The summed E-state index contributed by atoms with van der Waals surface area (Å²) in [5.74, 6) is 0. The van der Waals surface area contributed by atoms with E-state index in [0.717, 1.165) is 17.6 Å². The van der Waals surface area contributed by atoms with Gasteiger partial charge in [-0.25, -0.2) is 0 Å². The maximum absolute atomic E-state index is 4.49. The molecule has 1 aromatic heterocycles. The lowest BCUT2D eigenvalue weighted by Crippen LogP contribution is -1.87. The summed E-state index contributed by atoms with van der Waals surface area (Å²) < 4.78 is 0. The second-order valence-electron chi connectivity index (χ2n) is 2.99. The van der Waals surface area contributed by atoms with Gasteiger partial charge in [0, 0.05) is 34.9 Å². The Morgan fingerprint density at radius 1 is 1.14 bits per heavy atom. The second kappa shape index (κ2) is 4.95. The van der Waals surface area contributed by atoms with Crippen molar-refractivity contribution in [3.63, 3.8) is 0 Å². The maximum Gasteiger partial charge on any atom is 0.0705 e. The van der Waals surface area contributed by atoms with E-state index in [1.165, 1.54) is 5.39 Å². The van der Waals surface area contributed by atoms with Crippen molar-refractivity contribution in [3.05, 3.63) is 54.7 Å². The Kier molecular flexibility index (Phi) is 3.88. The van der Waals surface area contributed by atoms with E-state index in [2.05, 4.69) is 23.7 Å². The Bertz CT molecular complexity index is 437. The van der Waals surface area contributed by atoms with Crippen molar-refractivity contribution in [1.82, 2.24) is 4.98 Å². The number of hydrogen-bond acceptors (Lipinski definition) is 1. The van der Waals surface area contributed by atoms with Gasteiger partial charge in [-0.05, 0) is 12.1 Å². The van der Waals surface area contributed by atoms with Crippen LogP contribution in [0.1, 0.15) is 5.69 Å². The van der Waals surface area contributed by atoms with E-state index in [4.69, 9.17) is 0 Å². The monoisotopic (exact) mass is 196 g/mol. The Morgan fingerprint density at radius 2 is 1.93 bits per heavy atom. The molecule has 0 bridgehead atoms. The van der Waals surface area contributed by atoms with Crippen LogP contribution in [0, 0.1) is 0 Å². The highest BCUT2D eigenvalue weighted by Crippen LogP contribution is 2.11. The molecule has 0 aliphatic rings. The van der Waals surface area contributed by atoms with Crippen LogP contribution >= 0.6 is 0 Å². The van der Waals surface area contributed by atoms with Crippen LogP contribution in [0.3, 0.4) is 0 Å². The van der Waals surface area contributed by atoms with Gasteiger partial charge in [0.1, 0.15) is 0 Å². The molecular weight excluding hydrogens is 185 g/mol. The van der Waals surface area contributed by atoms with E-state index in [0.29, 0.717) is 0 Å². The molecule has 0 aliphatic carbocycles. The van der Waals surface area contributed by atoms with Crippen LogP contribution < -0.4 is 0 Å². The zero-order valence-electron chi connectivity index (χ0n) is 7.98. The third-order valence-electron chi connectivity index (χ3n) is 2.01. The number of rotatable bonds is 2. The Labute approximate surface area is 94.6 Å². The molecule has 0 aliphatic heterocycles. The molecule has 2 rings (SSSR count). The molecule has 2 heteroatoms. The molecule has 1 aromatic carbocycles. The fourth-order valence-corrected chi connectivity index (χ4v) is 1.37. The standard InChI is InChI=1S/C12H11N.Al/c1-2-5-11-9-8-10-6-3-4-7-12(10)13-11;/h2-4,6-9H,1,5H2;. The van der Waals surface area contributed by atoms with Crippen molar-refractivity contribution in [3.8, 4) is 0 Å². The second-order valence-corrected chi connectivity index (χ2v) is 2.99. The Morgan fingerprint density at radius 3 is 2.71 bits per heavy atom. The van der Waals surface area contributed by atoms with E-state index in [9.17, 15) is 0 Å². The summed E-state index contributed by atoms with van der Waals surface area (Å²) >= 11 is 0. The van der Waals surface area contributed by atoms with Gasteiger partial charge >= 0.3 is 0 Å². The molecule has 2 aromatic rings. The van der Waals surface area contributed by atoms with E-state index < -0.39 is 0 Å². The summed E-state index contributed by atoms with van der Waals surface area (Å²) in [6, 6.07) is 12.3. The van der Waals surface area contributed by atoms with Gasteiger partial charge in [-0.15, -0.1) is 6.58 Å². The average molecular weight is 196 g/mol. The quantitative estimate of drug-likeness (QED) is 0.531. The molecule has 1 heterocycles. The zero-order valence-corrected chi connectivity index (χ0v) is 9.13. The molecule has 0 saturated carbocycles. The predicted octanol–water partition coefficient (Wildman–Crippen LogP) is 2.58. The molecule has 0 saturated heterocycles. The lowest BCUT2D eigenvalue weighted by atomic mass is 10.2. The molecule has 1 nitrogen and oxygen atoms in total. The van der Waals surface area contributed by atoms with Crippen molar-refractivity contribution in [1.29, 1.82) is 0 Å². The first-order valence-electron chi connectivity index (χ1n) is 4.36. The highest BCUT2D eigenvalue weighted by molar-refractivity contribution is 5.78. The summed E-state index contributed by atoms with van der Waals surface area (Å²) in [5.41, 5.74) is 2.13. The molecule has 0 N–H and O–H groups in total. The number of pyridine rings is 1. The van der Waals surface area contributed by atoms with Gasteiger partial charge in [-0.1, -0.05) is 30.3 Å². The summed E-state index contributed by atoms with van der Waals surface area (Å²) in [4.78, 5) is 4.49. The van der Waals surface area contributed by atoms with Gasteiger partial charge in [-0.3, -0.25) is 4.98 Å². The van der Waals surface area contributed by atoms with Gasteiger partial charge in [0.2, 0.25) is 0 Å². The Hall–Kier alpha value is -1.10. The average Bonchev–Trinajstić information content (AvgIpc) is 2.18. The van der Waals surface area contributed by atoms with E-state index in [-0.39, 0.29) is 17.4 Å². The summed E-state index contributed by atoms with van der Waals surface area (Å²) in [7, 11) is 0. The summed E-state index contributed by atoms with van der Waals surface area (Å²) in [6.45, 7) is 3.70. The fourth-order valence-electron chi connectivity index (χ4n) is 1.37. The third kappa shape index (κ3) is 2.23. The van der Waals surface area contributed by atoms with Gasteiger partial charge in [-0.2, -0.15) is 0 Å². The number of fused-ring (bicyclic) bond motifs is 1. The first-order chi connectivity index (χ1) is 6.40. The van der Waals surface area contributed by atoms with Crippen LogP contribution in [0.2, 0.25) is 0 Å². The number of benzene rings is 1. The summed E-state index contributed by atoms with van der Waals surface area (Å²) in [6.07, 6.45) is 2.71. The van der Waals surface area contributed by atoms with Crippen LogP contribution in [0.5, 0.6) is 0 Å². The smallest absolute Gasteiger partial charge is 0.0705 e. The maximum atomic E-state index is 4.49.